The molecular weight excluding hydrogens is 376 g/mol. The van der Waals surface area contributed by atoms with E-state index in [4.69, 9.17) is 0 Å². The van der Waals surface area contributed by atoms with Crippen molar-refractivity contribution >= 4 is 33.5 Å². The summed E-state index contributed by atoms with van der Waals surface area (Å²) in [6, 6.07) is 12.1. The Labute approximate surface area is 174 Å². The number of rotatable bonds is 5. The number of nitrogens with one attached hydrogen (secondary N) is 2. The lowest BCUT2D eigenvalue weighted by atomic mass is 9.93. The van der Waals surface area contributed by atoms with Crippen molar-refractivity contribution in [2.75, 3.05) is 5.32 Å². The number of carbonyl (C=O) groups excluding carboxylic acids is 1. The Morgan fingerprint density at radius 1 is 1.13 bits per heavy atom. The number of aromatic nitrogens is 4. The van der Waals surface area contributed by atoms with Crippen molar-refractivity contribution in [1.82, 2.24) is 25.1 Å². The summed E-state index contributed by atoms with van der Waals surface area (Å²) >= 11 is 0. The van der Waals surface area contributed by atoms with Gasteiger partial charge in [-0.1, -0.05) is 12.1 Å². The summed E-state index contributed by atoms with van der Waals surface area (Å²) in [6.07, 6.45) is 4.97. The minimum Gasteiger partial charge on any atom is -0.365 e. The predicted molar refractivity (Wildman–Crippen MR) is 117 cm³/mol. The standard InChI is InChI=1S/C23H24N6O/c1-14-20-19(28-29(14)2)11-10-18-21(20)25-13-26-22(18)24-12-15-6-8-16(9-7-15)23(30)27-17-4-3-5-17/h6-11,13,17H,3-5,12H2,1-2H3,(H,27,30)(H,24,25,26). The van der Waals surface area contributed by atoms with Crippen LogP contribution in [0.3, 0.4) is 0 Å². The number of hydrogen-bond acceptors (Lipinski definition) is 5. The number of aryl methyl sites for hydroxylation is 2. The number of amides is 1. The van der Waals surface area contributed by atoms with E-state index in [1.165, 1.54) is 6.42 Å². The van der Waals surface area contributed by atoms with Crippen LogP contribution in [0.5, 0.6) is 0 Å². The predicted octanol–water partition coefficient (Wildman–Crippen LogP) is 3.72. The first kappa shape index (κ1) is 18.5. The average Bonchev–Trinajstić information content (AvgIpc) is 3.03. The van der Waals surface area contributed by atoms with Gasteiger partial charge in [0.2, 0.25) is 0 Å². The first-order valence-corrected chi connectivity index (χ1v) is 10.3. The van der Waals surface area contributed by atoms with Gasteiger partial charge in [-0.05, 0) is 56.0 Å². The van der Waals surface area contributed by atoms with E-state index in [-0.39, 0.29) is 5.91 Å². The summed E-state index contributed by atoms with van der Waals surface area (Å²) in [5, 5.41) is 13.1. The molecule has 152 valence electrons. The summed E-state index contributed by atoms with van der Waals surface area (Å²) < 4.78 is 1.88. The highest BCUT2D eigenvalue weighted by atomic mass is 16.1. The van der Waals surface area contributed by atoms with Crippen molar-refractivity contribution in [3.05, 3.63) is 59.5 Å². The fraction of sp³-hybridized carbons (Fsp3) is 0.304. The van der Waals surface area contributed by atoms with Crippen molar-refractivity contribution in [3.8, 4) is 0 Å². The van der Waals surface area contributed by atoms with Gasteiger partial charge in [-0.25, -0.2) is 9.97 Å². The zero-order valence-electron chi connectivity index (χ0n) is 17.1. The molecule has 1 saturated carbocycles. The van der Waals surface area contributed by atoms with Gasteiger partial charge in [-0.3, -0.25) is 9.48 Å². The van der Waals surface area contributed by atoms with Crippen molar-refractivity contribution in [1.29, 1.82) is 0 Å². The maximum Gasteiger partial charge on any atom is 0.251 e. The van der Waals surface area contributed by atoms with Crippen LogP contribution in [0.25, 0.3) is 21.8 Å². The SMILES string of the molecule is Cc1c2c(ccc3c(NCc4ccc(C(=O)NC5CCC5)cc4)ncnc32)nn1C. The zero-order chi connectivity index (χ0) is 20.7. The Hall–Kier alpha value is -3.48. The summed E-state index contributed by atoms with van der Waals surface area (Å²) in [6.45, 7) is 2.66. The number of hydrogen-bond donors (Lipinski definition) is 2. The Kier molecular flexibility index (Phi) is 4.58. The van der Waals surface area contributed by atoms with Crippen molar-refractivity contribution in [2.45, 2.75) is 38.8 Å². The molecule has 2 heterocycles. The second kappa shape index (κ2) is 7.40. The normalized spacial score (nSPS) is 14.1. The second-order valence-corrected chi connectivity index (χ2v) is 7.94. The van der Waals surface area contributed by atoms with E-state index >= 15 is 0 Å². The Morgan fingerprint density at radius 2 is 1.93 bits per heavy atom. The molecule has 4 aromatic rings. The molecule has 0 bridgehead atoms. The quantitative estimate of drug-likeness (QED) is 0.533. The molecule has 2 aromatic carbocycles. The van der Waals surface area contributed by atoms with Gasteiger partial charge in [0.25, 0.3) is 5.91 Å². The highest BCUT2D eigenvalue weighted by Gasteiger charge is 2.20. The third kappa shape index (κ3) is 3.26. The lowest BCUT2D eigenvalue weighted by molar-refractivity contribution is 0.0917. The molecule has 0 saturated heterocycles. The summed E-state index contributed by atoms with van der Waals surface area (Å²) in [7, 11) is 1.94. The zero-order valence-corrected chi connectivity index (χ0v) is 17.1. The monoisotopic (exact) mass is 400 g/mol. The minimum atomic E-state index is 0.0110. The van der Waals surface area contributed by atoms with E-state index in [0.717, 1.165) is 51.7 Å². The molecule has 7 heteroatoms. The molecule has 1 amide bonds. The molecule has 1 fully saturated rings. The fourth-order valence-electron chi connectivity index (χ4n) is 3.88. The number of fused-ring (bicyclic) bond motifs is 3. The van der Waals surface area contributed by atoms with E-state index in [1.54, 1.807) is 6.33 Å². The van der Waals surface area contributed by atoms with Gasteiger partial charge in [0.1, 0.15) is 12.1 Å². The molecule has 2 N–H and O–H groups in total. The lowest BCUT2D eigenvalue weighted by Gasteiger charge is -2.26. The van der Waals surface area contributed by atoms with Crippen LogP contribution >= 0.6 is 0 Å². The van der Waals surface area contributed by atoms with Crippen LogP contribution in [-0.4, -0.2) is 31.7 Å². The van der Waals surface area contributed by atoms with E-state index in [1.807, 2.05) is 55.1 Å². The minimum absolute atomic E-state index is 0.0110. The third-order valence-electron chi connectivity index (χ3n) is 6.01. The maximum absolute atomic E-state index is 12.3. The number of carbonyl (C=O) groups is 1. The van der Waals surface area contributed by atoms with E-state index in [9.17, 15) is 4.79 Å². The van der Waals surface area contributed by atoms with Crippen LogP contribution in [0.1, 0.15) is 40.9 Å². The molecule has 0 atom stereocenters. The van der Waals surface area contributed by atoms with Crippen molar-refractivity contribution in [2.24, 2.45) is 7.05 Å². The van der Waals surface area contributed by atoms with Gasteiger partial charge in [-0.2, -0.15) is 5.10 Å². The topological polar surface area (TPSA) is 84.7 Å². The molecule has 1 aliphatic carbocycles. The molecule has 0 spiro atoms. The summed E-state index contributed by atoms with van der Waals surface area (Å²) in [5.41, 5.74) is 4.70. The number of nitrogens with zero attached hydrogens (tertiary/aromatic N) is 4. The first-order valence-electron chi connectivity index (χ1n) is 10.3. The van der Waals surface area contributed by atoms with Crippen LogP contribution in [-0.2, 0) is 13.6 Å². The fourth-order valence-corrected chi connectivity index (χ4v) is 3.88. The van der Waals surface area contributed by atoms with E-state index in [0.29, 0.717) is 18.2 Å². The van der Waals surface area contributed by atoms with Gasteiger partial charge in [0.15, 0.2) is 0 Å². The van der Waals surface area contributed by atoms with Crippen LogP contribution in [0.15, 0.2) is 42.7 Å². The van der Waals surface area contributed by atoms with Crippen LogP contribution in [0.4, 0.5) is 5.82 Å². The van der Waals surface area contributed by atoms with Crippen molar-refractivity contribution < 1.29 is 4.79 Å². The maximum atomic E-state index is 12.3. The molecule has 2 aromatic heterocycles. The molecule has 0 aliphatic heterocycles. The number of benzene rings is 2. The first-order chi connectivity index (χ1) is 14.6. The Morgan fingerprint density at radius 3 is 2.67 bits per heavy atom. The summed E-state index contributed by atoms with van der Waals surface area (Å²) in [4.78, 5) is 21.2. The second-order valence-electron chi connectivity index (χ2n) is 7.94. The van der Waals surface area contributed by atoms with Crippen LogP contribution in [0, 0.1) is 6.92 Å². The van der Waals surface area contributed by atoms with Gasteiger partial charge in [0, 0.05) is 41.7 Å². The average molecular weight is 400 g/mol. The van der Waals surface area contributed by atoms with Crippen LogP contribution < -0.4 is 10.6 Å². The van der Waals surface area contributed by atoms with Crippen molar-refractivity contribution in [3.63, 3.8) is 0 Å². The Bertz CT molecular complexity index is 1240. The van der Waals surface area contributed by atoms with Gasteiger partial charge in [0.05, 0.1) is 11.0 Å². The molecule has 1 aliphatic rings. The molecule has 0 unspecified atom stereocenters. The molecule has 0 radical (unpaired) electrons. The number of anilines is 1. The molecular formula is C23H24N6O. The summed E-state index contributed by atoms with van der Waals surface area (Å²) in [5.74, 6) is 0.800. The molecule has 7 nitrogen and oxygen atoms in total. The Balaban J connectivity index is 1.35. The molecule has 30 heavy (non-hydrogen) atoms. The smallest absolute Gasteiger partial charge is 0.251 e. The van der Waals surface area contributed by atoms with E-state index in [2.05, 4.69) is 25.7 Å². The third-order valence-corrected chi connectivity index (χ3v) is 6.01. The van der Waals surface area contributed by atoms with Crippen LogP contribution in [0.2, 0.25) is 0 Å². The molecule has 5 rings (SSSR count). The van der Waals surface area contributed by atoms with E-state index < -0.39 is 0 Å². The largest absolute Gasteiger partial charge is 0.365 e. The highest BCUT2D eigenvalue weighted by Crippen LogP contribution is 2.29. The van der Waals surface area contributed by atoms with Gasteiger partial charge >= 0.3 is 0 Å². The van der Waals surface area contributed by atoms with Gasteiger partial charge in [-0.15, -0.1) is 0 Å². The lowest BCUT2D eigenvalue weighted by Crippen LogP contribution is -2.39. The van der Waals surface area contributed by atoms with Gasteiger partial charge < -0.3 is 10.6 Å². The highest BCUT2D eigenvalue weighted by molar-refractivity contribution is 6.08.